The van der Waals surface area contributed by atoms with Gasteiger partial charge in [-0.1, -0.05) is 60.7 Å². The lowest BCUT2D eigenvalue weighted by atomic mass is 10.1. The molecule has 1 fully saturated rings. The molecule has 8 heteroatoms. The number of benzene rings is 3. The minimum Gasteiger partial charge on any atom is -0.440 e. The van der Waals surface area contributed by atoms with Gasteiger partial charge in [-0.05, 0) is 12.1 Å². The van der Waals surface area contributed by atoms with E-state index in [0.29, 0.717) is 50.7 Å². The number of nitro groups is 1. The summed E-state index contributed by atoms with van der Waals surface area (Å²) in [5, 5.41) is 10.9. The Labute approximate surface area is 208 Å². The molecule has 0 spiro atoms. The van der Waals surface area contributed by atoms with Crippen molar-refractivity contribution in [2.75, 3.05) is 31.1 Å². The number of amides is 1. The van der Waals surface area contributed by atoms with Crippen molar-refractivity contribution in [3.63, 3.8) is 0 Å². The van der Waals surface area contributed by atoms with Crippen molar-refractivity contribution in [2.24, 2.45) is 0 Å². The average molecular weight is 483 g/mol. The zero-order chi connectivity index (χ0) is 24.9. The summed E-state index contributed by atoms with van der Waals surface area (Å²) in [6.45, 7) is 2.57. The van der Waals surface area contributed by atoms with Crippen LogP contribution in [0.1, 0.15) is 12.3 Å². The van der Waals surface area contributed by atoms with E-state index in [9.17, 15) is 14.9 Å². The molecule has 0 N–H and O–H groups in total. The maximum Gasteiger partial charge on any atom is 0.269 e. The molecular formula is C28H26N4O4. The van der Waals surface area contributed by atoms with Gasteiger partial charge >= 0.3 is 0 Å². The molecule has 1 aliphatic heterocycles. The van der Waals surface area contributed by atoms with Crippen molar-refractivity contribution in [2.45, 2.75) is 12.8 Å². The van der Waals surface area contributed by atoms with Crippen molar-refractivity contribution < 1.29 is 14.1 Å². The van der Waals surface area contributed by atoms with Gasteiger partial charge < -0.3 is 14.2 Å². The van der Waals surface area contributed by atoms with Crippen molar-refractivity contribution >= 4 is 17.3 Å². The standard InChI is InChI=1S/C28H26N4O4/c33-26(31-19-17-30(18-20-31)23-11-13-24(14-12-23)32(34)35)16-15-25-29-27(21-7-3-1-4-8-21)28(36-25)22-9-5-2-6-10-22/h1-14H,15-20H2. The van der Waals surface area contributed by atoms with Gasteiger partial charge in [0.2, 0.25) is 5.91 Å². The molecule has 0 radical (unpaired) electrons. The second-order valence-electron chi connectivity index (χ2n) is 8.66. The highest BCUT2D eigenvalue weighted by molar-refractivity contribution is 5.78. The van der Waals surface area contributed by atoms with Crippen LogP contribution in [-0.4, -0.2) is 46.9 Å². The van der Waals surface area contributed by atoms with Crippen LogP contribution < -0.4 is 4.90 Å². The van der Waals surface area contributed by atoms with E-state index < -0.39 is 4.92 Å². The minimum atomic E-state index is -0.403. The van der Waals surface area contributed by atoms with Crippen LogP contribution in [0.15, 0.2) is 89.3 Å². The lowest BCUT2D eigenvalue weighted by Crippen LogP contribution is -2.48. The number of nitro benzene ring substituents is 1. The lowest BCUT2D eigenvalue weighted by molar-refractivity contribution is -0.384. The molecule has 3 aromatic carbocycles. The summed E-state index contributed by atoms with van der Waals surface area (Å²) in [6.07, 6.45) is 0.745. The molecule has 0 unspecified atom stereocenters. The first-order valence-electron chi connectivity index (χ1n) is 12.0. The molecule has 182 valence electrons. The summed E-state index contributed by atoms with van der Waals surface area (Å²) in [6, 6.07) is 26.3. The fourth-order valence-electron chi connectivity index (χ4n) is 4.42. The number of carbonyl (C=O) groups is 1. The summed E-state index contributed by atoms with van der Waals surface area (Å²) >= 11 is 0. The summed E-state index contributed by atoms with van der Waals surface area (Å²) in [7, 11) is 0. The Kier molecular flexibility index (Phi) is 6.75. The van der Waals surface area contributed by atoms with Crippen LogP contribution in [0.2, 0.25) is 0 Å². The maximum absolute atomic E-state index is 12.9. The zero-order valence-electron chi connectivity index (χ0n) is 19.7. The molecule has 36 heavy (non-hydrogen) atoms. The number of hydrogen-bond donors (Lipinski definition) is 0. The van der Waals surface area contributed by atoms with E-state index in [1.54, 1.807) is 12.1 Å². The number of nitrogens with zero attached hydrogens (tertiary/aromatic N) is 4. The largest absolute Gasteiger partial charge is 0.440 e. The third kappa shape index (κ3) is 5.12. The third-order valence-electron chi connectivity index (χ3n) is 6.37. The molecule has 1 aromatic heterocycles. The van der Waals surface area contributed by atoms with Crippen molar-refractivity contribution in [1.82, 2.24) is 9.88 Å². The first-order valence-corrected chi connectivity index (χ1v) is 12.0. The highest BCUT2D eigenvalue weighted by Gasteiger charge is 2.23. The van der Waals surface area contributed by atoms with Gasteiger partial charge in [-0.25, -0.2) is 4.98 Å². The molecule has 8 nitrogen and oxygen atoms in total. The van der Waals surface area contributed by atoms with E-state index in [2.05, 4.69) is 4.90 Å². The molecule has 0 bridgehead atoms. The average Bonchev–Trinajstić information content (AvgIpc) is 3.37. The molecule has 4 aromatic rings. The molecule has 1 saturated heterocycles. The van der Waals surface area contributed by atoms with Crippen LogP contribution in [0.3, 0.4) is 0 Å². The Bertz CT molecular complexity index is 1270. The Morgan fingerprint density at radius 1 is 0.861 bits per heavy atom. The molecule has 0 atom stereocenters. The Balaban J connectivity index is 1.22. The number of aromatic nitrogens is 1. The van der Waals surface area contributed by atoms with Gasteiger partial charge in [-0.2, -0.15) is 0 Å². The van der Waals surface area contributed by atoms with Gasteiger partial charge in [-0.15, -0.1) is 0 Å². The van der Waals surface area contributed by atoms with E-state index >= 15 is 0 Å². The van der Waals surface area contributed by atoms with Crippen LogP contribution in [-0.2, 0) is 11.2 Å². The van der Waals surface area contributed by atoms with Gasteiger partial charge in [0.25, 0.3) is 5.69 Å². The molecule has 5 rings (SSSR count). The van der Waals surface area contributed by atoms with Crippen LogP contribution >= 0.6 is 0 Å². The number of carbonyl (C=O) groups excluding carboxylic acids is 1. The fourth-order valence-corrected chi connectivity index (χ4v) is 4.42. The van der Waals surface area contributed by atoms with Crippen molar-refractivity contribution in [1.29, 1.82) is 0 Å². The Morgan fingerprint density at radius 3 is 2.08 bits per heavy atom. The zero-order valence-corrected chi connectivity index (χ0v) is 19.7. The number of hydrogen-bond acceptors (Lipinski definition) is 6. The highest BCUT2D eigenvalue weighted by Crippen LogP contribution is 2.33. The van der Waals surface area contributed by atoms with Gasteiger partial charge in [0, 0.05) is 68.0 Å². The first kappa shape index (κ1) is 23.3. The van der Waals surface area contributed by atoms with Crippen LogP contribution in [0, 0.1) is 10.1 Å². The first-order chi connectivity index (χ1) is 17.6. The predicted octanol–water partition coefficient (Wildman–Crippen LogP) is 5.20. The van der Waals surface area contributed by atoms with E-state index in [4.69, 9.17) is 9.40 Å². The SMILES string of the molecule is O=C(CCc1nc(-c2ccccc2)c(-c2ccccc2)o1)N1CCN(c2ccc([N+](=O)[O-])cc2)CC1. The maximum atomic E-state index is 12.9. The molecular weight excluding hydrogens is 456 g/mol. The summed E-state index contributed by atoms with van der Waals surface area (Å²) in [5.74, 6) is 1.32. The molecule has 2 heterocycles. The van der Waals surface area contributed by atoms with Crippen LogP contribution in [0.4, 0.5) is 11.4 Å². The fraction of sp³-hybridized carbons (Fsp3) is 0.214. The number of rotatable bonds is 7. The smallest absolute Gasteiger partial charge is 0.269 e. The van der Waals surface area contributed by atoms with Crippen molar-refractivity contribution in [3.05, 3.63) is 101 Å². The van der Waals surface area contributed by atoms with Gasteiger partial charge in [0.1, 0.15) is 5.69 Å². The summed E-state index contributed by atoms with van der Waals surface area (Å²) in [4.78, 5) is 32.1. The Hall–Kier alpha value is -4.46. The normalized spacial score (nSPS) is 13.6. The number of anilines is 1. The van der Waals surface area contributed by atoms with Crippen molar-refractivity contribution in [3.8, 4) is 22.6 Å². The number of aryl methyl sites for hydroxylation is 1. The topological polar surface area (TPSA) is 92.7 Å². The minimum absolute atomic E-state index is 0.0686. The summed E-state index contributed by atoms with van der Waals surface area (Å²) < 4.78 is 6.16. The number of non-ortho nitro benzene ring substituents is 1. The van der Waals surface area contributed by atoms with E-state index in [-0.39, 0.29) is 11.6 Å². The van der Waals surface area contributed by atoms with Crippen LogP contribution in [0.25, 0.3) is 22.6 Å². The quantitative estimate of drug-likeness (QED) is 0.266. The highest BCUT2D eigenvalue weighted by atomic mass is 16.6. The van der Waals surface area contributed by atoms with Gasteiger partial charge in [-0.3, -0.25) is 14.9 Å². The second kappa shape index (κ2) is 10.4. The summed E-state index contributed by atoms with van der Waals surface area (Å²) in [5.41, 5.74) is 3.70. The van der Waals surface area contributed by atoms with Gasteiger partial charge in [0.05, 0.1) is 4.92 Å². The van der Waals surface area contributed by atoms with E-state index in [0.717, 1.165) is 22.5 Å². The number of piperazine rings is 1. The number of oxazole rings is 1. The second-order valence-corrected chi connectivity index (χ2v) is 8.66. The Morgan fingerprint density at radius 2 is 1.47 bits per heavy atom. The predicted molar refractivity (Wildman–Crippen MR) is 138 cm³/mol. The van der Waals surface area contributed by atoms with Crippen LogP contribution in [0.5, 0.6) is 0 Å². The molecule has 0 aliphatic carbocycles. The molecule has 0 saturated carbocycles. The third-order valence-corrected chi connectivity index (χ3v) is 6.37. The molecule has 1 amide bonds. The van der Waals surface area contributed by atoms with E-state index in [1.165, 1.54) is 12.1 Å². The molecule has 1 aliphatic rings. The lowest BCUT2D eigenvalue weighted by Gasteiger charge is -2.36. The van der Waals surface area contributed by atoms with Gasteiger partial charge in [0.15, 0.2) is 11.7 Å². The van der Waals surface area contributed by atoms with E-state index in [1.807, 2.05) is 65.6 Å². The monoisotopic (exact) mass is 482 g/mol.